The van der Waals surface area contributed by atoms with E-state index in [9.17, 15) is 4.39 Å². The predicted octanol–water partition coefficient (Wildman–Crippen LogP) is 2.19. The lowest BCUT2D eigenvalue weighted by Crippen LogP contribution is -2.00. The largest absolute Gasteiger partial charge is 0.239 e. The molecule has 0 aliphatic heterocycles. The van der Waals surface area contributed by atoms with Gasteiger partial charge in [-0.05, 0) is 25.1 Å². The molecule has 1 heterocycles. The van der Waals surface area contributed by atoms with Crippen LogP contribution in [0.3, 0.4) is 0 Å². The third-order valence-corrected chi connectivity index (χ3v) is 2.07. The molecule has 74 valence electrons. The zero-order chi connectivity index (χ0) is 10.8. The van der Waals surface area contributed by atoms with E-state index in [0.717, 1.165) is 5.69 Å². The van der Waals surface area contributed by atoms with E-state index >= 15 is 0 Å². The first-order chi connectivity index (χ1) is 7.22. The summed E-state index contributed by atoms with van der Waals surface area (Å²) in [5, 5.41) is 13.0. The molecule has 0 aliphatic carbocycles. The average molecular weight is 201 g/mol. The Hall–Kier alpha value is -2.15. The Kier molecular flexibility index (Phi) is 2.22. The van der Waals surface area contributed by atoms with Gasteiger partial charge in [0.15, 0.2) is 0 Å². The van der Waals surface area contributed by atoms with Gasteiger partial charge in [0.1, 0.15) is 17.4 Å². The number of nitrogens with zero attached hydrogens (tertiary/aromatic N) is 3. The van der Waals surface area contributed by atoms with Gasteiger partial charge in [-0.1, -0.05) is 6.07 Å². The summed E-state index contributed by atoms with van der Waals surface area (Å²) >= 11 is 0. The van der Waals surface area contributed by atoms with E-state index in [1.807, 2.05) is 13.0 Å². The summed E-state index contributed by atoms with van der Waals surface area (Å²) in [6.07, 6.45) is 1.70. The first-order valence-electron chi connectivity index (χ1n) is 4.43. The van der Waals surface area contributed by atoms with Gasteiger partial charge < -0.3 is 0 Å². The lowest BCUT2D eigenvalue weighted by Gasteiger charge is -2.03. The van der Waals surface area contributed by atoms with Crippen molar-refractivity contribution < 1.29 is 4.39 Å². The lowest BCUT2D eigenvalue weighted by atomic mass is 10.2. The molecule has 15 heavy (non-hydrogen) atoms. The van der Waals surface area contributed by atoms with Crippen LogP contribution in [0.4, 0.5) is 4.39 Å². The minimum atomic E-state index is -0.525. The number of aryl methyl sites for hydroxylation is 1. The molecule has 4 heteroatoms. The summed E-state index contributed by atoms with van der Waals surface area (Å²) in [6, 6.07) is 8.11. The maximum Gasteiger partial charge on any atom is 0.143 e. The van der Waals surface area contributed by atoms with Gasteiger partial charge in [-0.25, -0.2) is 9.07 Å². The molecule has 0 saturated heterocycles. The Morgan fingerprint density at radius 3 is 2.80 bits per heavy atom. The van der Waals surface area contributed by atoms with Gasteiger partial charge >= 0.3 is 0 Å². The van der Waals surface area contributed by atoms with Gasteiger partial charge in [0.2, 0.25) is 0 Å². The first-order valence-corrected chi connectivity index (χ1v) is 4.43. The van der Waals surface area contributed by atoms with Crippen LogP contribution in [0.5, 0.6) is 0 Å². The van der Waals surface area contributed by atoms with Gasteiger partial charge in [0.25, 0.3) is 0 Å². The van der Waals surface area contributed by atoms with Crippen LogP contribution < -0.4 is 0 Å². The molecule has 1 aromatic carbocycles. The number of benzene rings is 1. The third-order valence-electron chi connectivity index (χ3n) is 2.07. The van der Waals surface area contributed by atoms with Crippen molar-refractivity contribution in [2.45, 2.75) is 6.92 Å². The average Bonchev–Trinajstić information content (AvgIpc) is 2.64. The molecular weight excluding hydrogens is 193 g/mol. The fraction of sp³-hybridized carbons (Fsp3) is 0.0909. The van der Waals surface area contributed by atoms with E-state index < -0.39 is 5.82 Å². The van der Waals surface area contributed by atoms with E-state index in [2.05, 4.69) is 5.10 Å². The van der Waals surface area contributed by atoms with Crippen LogP contribution in [0.25, 0.3) is 5.69 Å². The number of halogens is 1. The van der Waals surface area contributed by atoms with Crippen LogP contribution >= 0.6 is 0 Å². The Morgan fingerprint density at radius 2 is 2.20 bits per heavy atom. The second-order valence-corrected chi connectivity index (χ2v) is 3.15. The highest BCUT2D eigenvalue weighted by molar-refractivity contribution is 5.49. The van der Waals surface area contributed by atoms with Crippen molar-refractivity contribution in [1.29, 1.82) is 5.26 Å². The zero-order valence-electron chi connectivity index (χ0n) is 8.11. The van der Waals surface area contributed by atoms with E-state index in [4.69, 9.17) is 5.26 Å². The van der Waals surface area contributed by atoms with Gasteiger partial charge in [0.05, 0.1) is 11.4 Å². The second-order valence-electron chi connectivity index (χ2n) is 3.15. The molecule has 0 radical (unpaired) electrons. The quantitative estimate of drug-likeness (QED) is 0.709. The standard InChI is InChI=1S/C11H8FN3/c1-8-5-6-15(14-8)11-4-2-3-10(12)9(11)7-13/h2-6H,1H3. The van der Waals surface area contributed by atoms with E-state index in [1.54, 1.807) is 24.4 Å². The predicted molar refractivity (Wildman–Crippen MR) is 53.0 cm³/mol. The minimum absolute atomic E-state index is 0.0144. The summed E-state index contributed by atoms with van der Waals surface area (Å²) in [5.41, 5.74) is 1.30. The highest BCUT2D eigenvalue weighted by atomic mass is 19.1. The summed E-state index contributed by atoms with van der Waals surface area (Å²) in [4.78, 5) is 0. The van der Waals surface area contributed by atoms with Crippen LogP contribution in [0, 0.1) is 24.1 Å². The molecule has 1 aromatic heterocycles. The first kappa shape index (κ1) is 9.41. The van der Waals surface area contributed by atoms with Crippen molar-refractivity contribution >= 4 is 0 Å². The highest BCUT2D eigenvalue weighted by Gasteiger charge is 2.09. The molecule has 0 N–H and O–H groups in total. The number of hydrogen-bond donors (Lipinski definition) is 0. The Labute approximate surface area is 86.4 Å². The summed E-state index contributed by atoms with van der Waals surface area (Å²) < 4.78 is 14.8. The fourth-order valence-corrected chi connectivity index (χ4v) is 1.36. The van der Waals surface area contributed by atoms with Crippen molar-refractivity contribution in [1.82, 2.24) is 9.78 Å². The van der Waals surface area contributed by atoms with Gasteiger partial charge in [-0.2, -0.15) is 10.4 Å². The van der Waals surface area contributed by atoms with Gasteiger partial charge in [-0.3, -0.25) is 0 Å². The summed E-state index contributed by atoms with van der Waals surface area (Å²) in [6.45, 7) is 1.84. The Balaban J connectivity index is 2.63. The van der Waals surface area contributed by atoms with Crippen molar-refractivity contribution in [2.24, 2.45) is 0 Å². The maximum absolute atomic E-state index is 13.3. The molecule has 0 atom stereocenters. The molecule has 0 amide bonds. The normalized spacial score (nSPS) is 9.93. The van der Waals surface area contributed by atoms with Crippen molar-refractivity contribution in [3.8, 4) is 11.8 Å². The topological polar surface area (TPSA) is 41.6 Å². The fourth-order valence-electron chi connectivity index (χ4n) is 1.36. The SMILES string of the molecule is Cc1ccn(-c2cccc(F)c2C#N)n1. The number of hydrogen-bond acceptors (Lipinski definition) is 2. The Morgan fingerprint density at radius 1 is 1.40 bits per heavy atom. The molecule has 0 fully saturated rings. The van der Waals surface area contributed by atoms with E-state index in [0.29, 0.717) is 5.69 Å². The van der Waals surface area contributed by atoms with Crippen LogP contribution in [0.2, 0.25) is 0 Å². The maximum atomic E-state index is 13.3. The summed E-state index contributed by atoms with van der Waals surface area (Å²) in [7, 11) is 0. The minimum Gasteiger partial charge on any atom is -0.239 e. The molecule has 0 bridgehead atoms. The molecule has 2 rings (SSSR count). The smallest absolute Gasteiger partial charge is 0.143 e. The van der Waals surface area contributed by atoms with Crippen LogP contribution in [-0.2, 0) is 0 Å². The van der Waals surface area contributed by atoms with Gasteiger partial charge in [-0.15, -0.1) is 0 Å². The van der Waals surface area contributed by atoms with Crippen molar-refractivity contribution in [3.63, 3.8) is 0 Å². The highest BCUT2D eigenvalue weighted by Crippen LogP contribution is 2.16. The molecule has 0 saturated carbocycles. The molecule has 3 nitrogen and oxygen atoms in total. The van der Waals surface area contributed by atoms with Crippen molar-refractivity contribution in [3.05, 3.63) is 47.5 Å². The number of aromatic nitrogens is 2. The Bertz CT molecular complexity index is 537. The molecule has 0 aliphatic rings. The monoisotopic (exact) mass is 201 g/mol. The number of rotatable bonds is 1. The van der Waals surface area contributed by atoms with Crippen molar-refractivity contribution in [2.75, 3.05) is 0 Å². The van der Waals surface area contributed by atoms with Crippen LogP contribution in [0.1, 0.15) is 11.3 Å². The van der Waals surface area contributed by atoms with Crippen LogP contribution in [0.15, 0.2) is 30.5 Å². The van der Waals surface area contributed by atoms with E-state index in [1.165, 1.54) is 10.7 Å². The number of nitriles is 1. The molecule has 0 unspecified atom stereocenters. The third kappa shape index (κ3) is 1.59. The molecular formula is C11H8FN3. The van der Waals surface area contributed by atoms with Gasteiger partial charge in [0, 0.05) is 6.20 Å². The molecule has 2 aromatic rings. The second kappa shape index (κ2) is 3.54. The lowest BCUT2D eigenvalue weighted by molar-refractivity contribution is 0.621. The molecule has 0 spiro atoms. The zero-order valence-corrected chi connectivity index (χ0v) is 8.11. The van der Waals surface area contributed by atoms with Crippen LogP contribution in [-0.4, -0.2) is 9.78 Å². The summed E-state index contributed by atoms with van der Waals surface area (Å²) in [5.74, 6) is -0.525. The van der Waals surface area contributed by atoms with E-state index in [-0.39, 0.29) is 5.56 Å².